The molecule has 0 atom stereocenters. The summed E-state index contributed by atoms with van der Waals surface area (Å²) in [5, 5.41) is 13.6. The number of benzene rings is 2. The molecule has 28 heavy (non-hydrogen) atoms. The highest BCUT2D eigenvalue weighted by Crippen LogP contribution is 2.23. The van der Waals surface area contributed by atoms with Crippen molar-refractivity contribution in [2.75, 3.05) is 12.4 Å². The second kappa shape index (κ2) is 8.65. The fraction of sp³-hybridized carbons (Fsp3) is 0.333. The summed E-state index contributed by atoms with van der Waals surface area (Å²) in [6, 6.07) is 12.5. The molecule has 146 valence electrons. The Morgan fingerprint density at radius 3 is 2.43 bits per heavy atom. The molecule has 1 saturated carbocycles. The maximum atomic E-state index is 12.8. The molecule has 0 bridgehead atoms. The van der Waals surface area contributed by atoms with Crippen molar-refractivity contribution in [3.05, 3.63) is 69.8 Å². The highest BCUT2D eigenvalue weighted by Gasteiger charge is 2.23. The summed E-state index contributed by atoms with van der Waals surface area (Å²) in [7, 11) is 1.83. The topological polar surface area (TPSA) is 92.6 Å². The monoisotopic (exact) mass is 381 g/mol. The van der Waals surface area contributed by atoms with Gasteiger partial charge in [-0.3, -0.25) is 19.7 Å². The van der Waals surface area contributed by atoms with E-state index < -0.39 is 10.8 Å². The first-order chi connectivity index (χ1) is 13.5. The molecule has 1 fully saturated rings. The van der Waals surface area contributed by atoms with Crippen LogP contribution in [0.3, 0.4) is 0 Å². The zero-order valence-corrected chi connectivity index (χ0v) is 15.8. The predicted molar refractivity (Wildman–Crippen MR) is 106 cm³/mol. The Balaban J connectivity index is 1.72. The number of rotatable bonds is 5. The third kappa shape index (κ3) is 4.54. The van der Waals surface area contributed by atoms with Crippen LogP contribution in [0, 0.1) is 10.1 Å². The van der Waals surface area contributed by atoms with Crippen LogP contribution in [0.5, 0.6) is 0 Å². The second-order valence-corrected chi connectivity index (χ2v) is 7.05. The van der Waals surface area contributed by atoms with Gasteiger partial charge in [0.25, 0.3) is 17.5 Å². The van der Waals surface area contributed by atoms with Gasteiger partial charge in [0.1, 0.15) is 0 Å². The van der Waals surface area contributed by atoms with Crippen molar-refractivity contribution in [2.24, 2.45) is 0 Å². The molecular weight excluding hydrogens is 358 g/mol. The van der Waals surface area contributed by atoms with E-state index in [-0.39, 0.29) is 23.2 Å². The van der Waals surface area contributed by atoms with Gasteiger partial charge in [0.15, 0.2) is 0 Å². The van der Waals surface area contributed by atoms with Crippen LogP contribution >= 0.6 is 0 Å². The molecule has 7 heteroatoms. The second-order valence-electron chi connectivity index (χ2n) is 7.05. The van der Waals surface area contributed by atoms with Crippen LogP contribution in [0.25, 0.3) is 0 Å². The first-order valence-corrected chi connectivity index (χ1v) is 9.39. The van der Waals surface area contributed by atoms with Crippen LogP contribution in [0.2, 0.25) is 0 Å². The quantitative estimate of drug-likeness (QED) is 0.619. The van der Waals surface area contributed by atoms with E-state index in [2.05, 4.69) is 5.32 Å². The lowest BCUT2D eigenvalue weighted by Gasteiger charge is -2.31. The molecule has 0 heterocycles. The van der Waals surface area contributed by atoms with E-state index in [4.69, 9.17) is 0 Å². The predicted octanol–water partition coefficient (Wildman–Crippen LogP) is 4.25. The molecule has 0 unspecified atom stereocenters. The molecule has 1 N–H and O–H groups in total. The third-order valence-corrected chi connectivity index (χ3v) is 5.13. The number of anilines is 1. The van der Waals surface area contributed by atoms with Crippen molar-refractivity contribution in [1.29, 1.82) is 0 Å². The first-order valence-electron chi connectivity index (χ1n) is 9.39. The number of hydrogen-bond acceptors (Lipinski definition) is 4. The van der Waals surface area contributed by atoms with Crippen molar-refractivity contribution >= 4 is 23.2 Å². The maximum Gasteiger partial charge on any atom is 0.270 e. The Labute approximate surface area is 163 Å². The van der Waals surface area contributed by atoms with Gasteiger partial charge in [-0.15, -0.1) is 0 Å². The lowest BCUT2D eigenvalue weighted by Crippen LogP contribution is -2.38. The summed E-state index contributed by atoms with van der Waals surface area (Å²) in [6.07, 6.45) is 5.54. The molecular formula is C21H23N3O4. The van der Waals surface area contributed by atoms with Crippen LogP contribution in [-0.2, 0) is 0 Å². The van der Waals surface area contributed by atoms with E-state index in [1.165, 1.54) is 30.7 Å². The summed E-state index contributed by atoms with van der Waals surface area (Å²) in [5.41, 5.74) is 1.01. The van der Waals surface area contributed by atoms with Gasteiger partial charge in [-0.25, -0.2) is 0 Å². The van der Waals surface area contributed by atoms with Crippen LogP contribution in [0.4, 0.5) is 11.4 Å². The molecule has 0 radical (unpaired) electrons. The Morgan fingerprint density at radius 2 is 1.71 bits per heavy atom. The zero-order valence-electron chi connectivity index (χ0n) is 15.8. The highest BCUT2D eigenvalue weighted by atomic mass is 16.6. The summed E-state index contributed by atoms with van der Waals surface area (Å²) >= 11 is 0. The van der Waals surface area contributed by atoms with Crippen molar-refractivity contribution in [2.45, 2.75) is 38.1 Å². The smallest absolute Gasteiger partial charge is 0.270 e. The first kappa shape index (κ1) is 19.5. The van der Waals surface area contributed by atoms with E-state index in [0.29, 0.717) is 11.3 Å². The summed E-state index contributed by atoms with van der Waals surface area (Å²) < 4.78 is 0. The van der Waals surface area contributed by atoms with Gasteiger partial charge in [-0.1, -0.05) is 31.4 Å². The molecule has 1 aliphatic carbocycles. The van der Waals surface area contributed by atoms with Crippen LogP contribution < -0.4 is 5.32 Å². The van der Waals surface area contributed by atoms with Gasteiger partial charge in [0.05, 0.1) is 4.92 Å². The molecule has 0 aromatic heterocycles. The zero-order chi connectivity index (χ0) is 20.1. The molecule has 7 nitrogen and oxygen atoms in total. The summed E-state index contributed by atoms with van der Waals surface area (Å²) in [5.74, 6) is -0.535. The molecule has 2 aromatic rings. The molecule has 0 aliphatic heterocycles. The fourth-order valence-corrected chi connectivity index (χ4v) is 3.53. The van der Waals surface area contributed by atoms with Crippen LogP contribution in [0.1, 0.15) is 52.8 Å². The van der Waals surface area contributed by atoms with Crippen LogP contribution in [0.15, 0.2) is 48.5 Å². The highest BCUT2D eigenvalue weighted by molar-refractivity contribution is 6.05. The molecule has 1 aliphatic rings. The Bertz CT molecular complexity index is 891. The molecule has 3 rings (SSSR count). The van der Waals surface area contributed by atoms with E-state index in [1.54, 1.807) is 29.2 Å². The minimum Gasteiger partial charge on any atom is -0.339 e. The number of nitro benzene ring substituents is 1. The fourth-order valence-electron chi connectivity index (χ4n) is 3.53. The van der Waals surface area contributed by atoms with Gasteiger partial charge in [-0.2, -0.15) is 0 Å². The standard InChI is InChI=1S/C21H23N3O4/c1-23(18-10-3-2-4-11-18)21(26)16-8-5-9-17(13-16)22-20(25)15-7-6-12-19(14-15)24(27)28/h5-9,12-14,18H,2-4,10-11H2,1H3,(H,22,25). The largest absolute Gasteiger partial charge is 0.339 e. The van der Waals surface area contributed by atoms with Gasteiger partial charge < -0.3 is 10.2 Å². The van der Waals surface area contributed by atoms with Crippen molar-refractivity contribution in [3.63, 3.8) is 0 Å². The summed E-state index contributed by atoms with van der Waals surface area (Å²) in [6.45, 7) is 0. The normalized spacial score (nSPS) is 14.3. The number of hydrogen-bond donors (Lipinski definition) is 1. The van der Waals surface area contributed by atoms with E-state index in [1.807, 2.05) is 7.05 Å². The maximum absolute atomic E-state index is 12.8. The lowest BCUT2D eigenvalue weighted by atomic mass is 9.94. The summed E-state index contributed by atoms with van der Waals surface area (Å²) in [4.78, 5) is 37.4. The molecule has 0 saturated heterocycles. The number of amides is 2. The van der Waals surface area contributed by atoms with E-state index in [0.717, 1.165) is 25.7 Å². The van der Waals surface area contributed by atoms with E-state index in [9.17, 15) is 19.7 Å². The van der Waals surface area contributed by atoms with Crippen molar-refractivity contribution < 1.29 is 14.5 Å². The van der Waals surface area contributed by atoms with Gasteiger partial charge in [0, 0.05) is 42.0 Å². The number of carbonyl (C=O) groups excluding carboxylic acids is 2. The van der Waals surface area contributed by atoms with Gasteiger partial charge in [0.2, 0.25) is 0 Å². The van der Waals surface area contributed by atoms with Crippen LogP contribution in [-0.4, -0.2) is 34.7 Å². The Kier molecular flexibility index (Phi) is 6.03. The van der Waals surface area contributed by atoms with Crippen molar-refractivity contribution in [1.82, 2.24) is 4.90 Å². The van der Waals surface area contributed by atoms with E-state index >= 15 is 0 Å². The van der Waals surface area contributed by atoms with Gasteiger partial charge >= 0.3 is 0 Å². The minimum atomic E-state index is -0.544. The average Bonchev–Trinajstić information content (AvgIpc) is 2.73. The number of nitro groups is 1. The average molecular weight is 381 g/mol. The van der Waals surface area contributed by atoms with Crippen molar-refractivity contribution in [3.8, 4) is 0 Å². The molecule has 2 amide bonds. The van der Waals surface area contributed by atoms with Gasteiger partial charge in [-0.05, 0) is 37.1 Å². The SMILES string of the molecule is CN(C(=O)c1cccc(NC(=O)c2cccc([N+](=O)[O-])c2)c1)C1CCCCC1. The number of non-ortho nitro benzene ring substituents is 1. The molecule has 0 spiro atoms. The minimum absolute atomic E-state index is 0.0710. The molecule has 2 aromatic carbocycles. The Hall–Kier alpha value is -3.22. The number of carbonyl (C=O) groups is 2. The lowest BCUT2D eigenvalue weighted by molar-refractivity contribution is -0.384. The Morgan fingerprint density at radius 1 is 1.04 bits per heavy atom. The number of nitrogens with zero attached hydrogens (tertiary/aromatic N) is 2. The third-order valence-electron chi connectivity index (χ3n) is 5.13. The number of nitrogens with one attached hydrogen (secondary N) is 1.